The summed E-state index contributed by atoms with van der Waals surface area (Å²) in [5.74, 6) is 0. The van der Waals surface area contributed by atoms with Gasteiger partial charge in [0.15, 0.2) is 0 Å². The molecule has 1 fully saturated rings. The first-order chi connectivity index (χ1) is 4.27. The number of morpholine rings is 1. The van der Waals surface area contributed by atoms with Gasteiger partial charge < -0.3 is 26.2 Å². The molecule has 1 heterocycles. The van der Waals surface area contributed by atoms with E-state index in [9.17, 15) is 0 Å². The Morgan fingerprint density at radius 2 is 1.90 bits per heavy atom. The lowest BCUT2D eigenvalue weighted by molar-refractivity contribution is -0.903. The molecule has 0 aromatic carbocycles. The predicted molar refractivity (Wildman–Crippen MR) is 40.5 cm³/mol. The highest BCUT2D eigenvalue weighted by atomic mass is 79.9. The monoisotopic (exact) mass is 273 g/mol. The van der Waals surface area contributed by atoms with Gasteiger partial charge in [0, 0.05) is 0 Å². The Kier molecular flexibility index (Phi) is 5.11. The van der Waals surface area contributed by atoms with Crippen molar-refractivity contribution < 1.29 is 26.2 Å². The van der Waals surface area contributed by atoms with E-state index in [1.807, 2.05) is 0 Å². The molecule has 0 aromatic heterocycles. The fourth-order valence-electron chi connectivity index (χ4n) is 0.903. The minimum absolute atomic E-state index is 0. The van der Waals surface area contributed by atoms with Crippen LogP contribution < -0.4 is 17.0 Å². The third kappa shape index (κ3) is 2.86. The van der Waals surface area contributed by atoms with Gasteiger partial charge >= 0.3 is 0 Å². The number of halogens is 2. The number of likely N-dealkylation sites (N-methyl/N-ethyl adjacent to an activating group) is 1. The molecule has 0 atom stereocenters. The average molecular weight is 275 g/mol. The molecule has 0 bridgehead atoms. The van der Waals surface area contributed by atoms with Crippen LogP contribution in [0.4, 0.5) is 0 Å². The highest BCUT2D eigenvalue weighted by molar-refractivity contribution is 9.09. The number of hydrogen-bond donors (Lipinski definition) is 0. The van der Waals surface area contributed by atoms with E-state index in [0.717, 1.165) is 36.2 Å². The molecule has 2 nitrogen and oxygen atoms in total. The second kappa shape index (κ2) is 4.70. The van der Waals surface area contributed by atoms with E-state index in [1.54, 1.807) is 0 Å². The average Bonchev–Trinajstić information content (AvgIpc) is 1.90. The van der Waals surface area contributed by atoms with Gasteiger partial charge in [-0.1, -0.05) is 0 Å². The zero-order chi connectivity index (χ0) is 6.74. The zero-order valence-corrected chi connectivity index (χ0v) is 9.32. The van der Waals surface area contributed by atoms with Crippen molar-refractivity contribution in [2.24, 2.45) is 0 Å². The molecule has 10 heavy (non-hydrogen) atoms. The third-order valence-electron chi connectivity index (χ3n) is 1.84. The van der Waals surface area contributed by atoms with Crippen molar-refractivity contribution in [3.05, 3.63) is 0 Å². The molecule has 0 saturated carbocycles. The summed E-state index contributed by atoms with van der Waals surface area (Å²) >= 11 is 3.48. The lowest BCUT2D eigenvalue weighted by Crippen LogP contribution is -3.00. The quantitative estimate of drug-likeness (QED) is 0.300. The van der Waals surface area contributed by atoms with Crippen molar-refractivity contribution in [2.45, 2.75) is 0 Å². The maximum atomic E-state index is 5.23. The molecule has 0 aliphatic carbocycles. The van der Waals surface area contributed by atoms with E-state index < -0.39 is 0 Å². The lowest BCUT2D eigenvalue weighted by Gasteiger charge is -2.35. The summed E-state index contributed by atoms with van der Waals surface area (Å²) < 4.78 is 6.34. The molecule has 0 radical (unpaired) electrons. The smallest absolute Gasteiger partial charge is 0.134 e. The Balaban J connectivity index is 0.000000810. The van der Waals surface area contributed by atoms with Crippen LogP contribution in [0.2, 0.25) is 0 Å². The van der Waals surface area contributed by atoms with Crippen molar-refractivity contribution in [1.82, 2.24) is 0 Å². The van der Waals surface area contributed by atoms with E-state index in [2.05, 4.69) is 23.0 Å². The minimum atomic E-state index is 0. The molecule has 4 heteroatoms. The minimum Gasteiger partial charge on any atom is -1.00 e. The molecule has 0 spiro atoms. The number of quaternary nitrogens is 1. The van der Waals surface area contributed by atoms with Crippen LogP contribution in [-0.2, 0) is 4.74 Å². The van der Waals surface area contributed by atoms with E-state index in [1.165, 1.54) is 0 Å². The molecule has 0 unspecified atom stereocenters. The zero-order valence-electron chi connectivity index (χ0n) is 6.15. The molecule has 0 N–H and O–H groups in total. The molecular weight excluding hydrogens is 262 g/mol. The van der Waals surface area contributed by atoms with Gasteiger partial charge in [0.2, 0.25) is 0 Å². The first-order valence-electron chi connectivity index (χ1n) is 3.24. The fraction of sp³-hybridized carbons (Fsp3) is 1.00. The van der Waals surface area contributed by atoms with Crippen molar-refractivity contribution in [3.8, 4) is 0 Å². The molecular formula is C6H13Br2NO. The first-order valence-corrected chi connectivity index (χ1v) is 4.36. The summed E-state index contributed by atoms with van der Waals surface area (Å²) in [7, 11) is 2.25. The summed E-state index contributed by atoms with van der Waals surface area (Å²) in [6.07, 6.45) is 0. The predicted octanol–water partition coefficient (Wildman–Crippen LogP) is -2.18. The van der Waals surface area contributed by atoms with Crippen LogP contribution in [0.25, 0.3) is 0 Å². The van der Waals surface area contributed by atoms with Crippen LogP contribution in [-0.4, -0.2) is 43.3 Å². The summed E-state index contributed by atoms with van der Waals surface area (Å²) in [5.41, 5.74) is 1.05. The number of nitrogens with zero attached hydrogens (tertiary/aromatic N) is 1. The molecule has 0 aromatic rings. The number of hydrogen-bond acceptors (Lipinski definition) is 1. The summed E-state index contributed by atoms with van der Waals surface area (Å²) in [4.78, 5) is 0. The Bertz CT molecular complexity index is 93.7. The summed E-state index contributed by atoms with van der Waals surface area (Å²) in [6, 6.07) is 0. The Hall–Kier alpha value is 0.880. The molecule has 1 aliphatic rings. The Labute approximate surface area is 81.0 Å². The number of rotatable bonds is 1. The van der Waals surface area contributed by atoms with Crippen LogP contribution in [0.5, 0.6) is 0 Å². The second-order valence-electron chi connectivity index (χ2n) is 2.80. The largest absolute Gasteiger partial charge is 1.00 e. The van der Waals surface area contributed by atoms with E-state index >= 15 is 0 Å². The number of ether oxygens (including phenoxy) is 1. The fourth-order valence-corrected chi connectivity index (χ4v) is 1.40. The molecule has 1 aliphatic heterocycles. The van der Waals surface area contributed by atoms with E-state index in [-0.39, 0.29) is 17.0 Å². The standard InChI is InChI=1S/C6H13BrNO.BrH/c1-8(6-7)2-4-9-5-3-8;/h2-6H2,1H3;1H/q+1;/p-1. The van der Waals surface area contributed by atoms with Gasteiger partial charge in [-0.2, -0.15) is 0 Å². The number of alkyl halides is 1. The van der Waals surface area contributed by atoms with Crippen LogP contribution in [0, 0.1) is 0 Å². The molecule has 0 amide bonds. The van der Waals surface area contributed by atoms with E-state index in [0.29, 0.717) is 0 Å². The summed E-state index contributed by atoms with van der Waals surface area (Å²) in [5, 5.41) is 0. The van der Waals surface area contributed by atoms with Gasteiger partial charge in [-0.25, -0.2) is 0 Å². The Morgan fingerprint density at radius 3 is 2.20 bits per heavy atom. The molecule has 62 valence electrons. The Morgan fingerprint density at radius 1 is 1.40 bits per heavy atom. The van der Waals surface area contributed by atoms with Crippen LogP contribution >= 0.6 is 15.9 Å². The maximum Gasteiger partial charge on any atom is 0.134 e. The topological polar surface area (TPSA) is 9.23 Å². The molecule has 1 rings (SSSR count). The van der Waals surface area contributed by atoms with E-state index in [4.69, 9.17) is 4.74 Å². The third-order valence-corrected chi connectivity index (χ3v) is 3.05. The van der Waals surface area contributed by atoms with Crippen molar-refractivity contribution >= 4 is 15.9 Å². The van der Waals surface area contributed by atoms with Crippen LogP contribution in [0.3, 0.4) is 0 Å². The van der Waals surface area contributed by atoms with Gasteiger partial charge in [-0.3, -0.25) is 0 Å². The van der Waals surface area contributed by atoms with Crippen molar-refractivity contribution in [3.63, 3.8) is 0 Å². The van der Waals surface area contributed by atoms with Gasteiger partial charge in [0.1, 0.15) is 18.5 Å². The van der Waals surface area contributed by atoms with Gasteiger partial charge in [0.05, 0.1) is 20.3 Å². The van der Waals surface area contributed by atoms with Crippen molar-refractivity contribution in [2.75, 3.05) is 38.8 Å². The van der Waals surface area contributed by atoms with Gasteiger partial charge in [-0.05, 0) is 15.9 Å². The molecule has 1 saturated heterocycles. The first kappa shape index (κ1) is 10.9. The maximum absolute atomic E-state index is 5.23. The van der Waals surface area contributed by atoms with Crippen LogP contribution in [0.15, 0.2) is 0 Å². The highest BCUT2D eigenvalue weighted by Crippen LogP contribution is 2.08. The van der Waals surface area contributed by atoms with Crippen molar-refractivity contribution in [1.29, 1.82) is 0 Å². The highest BCUT2D eigenvalue weighted by Gasteiger charge is 2.22. The normalized spacial score (nSPS) is 23.4. The van der Waals surface area contributed by atoms with Gasteiger partial charge in [-0.15, -0.1) is 0 Å². The lowest BCUT2D eigenvalue weighted by atomic mass is 10.4. The SMILES string of the molecule is C[N+]1(CBr)CCOCC1.[Br-]. The summed E-state index contributed by atoms with van der Waals surface area (Å²) in [6.45, 7) is 4.13. The second-order valence-corrected chi connectivity index (χ2v) is 3.30. The van der Waals surface area contributed by atoms with Crippen LogP contribution in [0.1, 0.15) is 0 Å². The van der Waals surface area contributed by atoms with Gasteiger partial charge in [0.25, 0.3) is 0 Å².